The third kappa shape index (κ3) is 4.21. The topological polar surface area (TPSA) is 91.3 Å². The zero-order chi connectivity index (χ0) is 17.9. The lowest BCUT2D eigenvalue weighted by atomic mass is 10.1. The molecular weight excluding hydrogens is 331 g/mol. The van der Waals surface area contributed by atoms with Crippen molar-refractivity contribution in [1.82, 2.24) is 0 Å². The monoisotopic (exact) mass is 350 g/mol. The highest BCUT2D eigenvalue weighted by molar-refractivity contribution is 7.85. The lowest BCUT2D eigenvalue weighted by Crippen LogP contribution is -2.20. The molecule has 24 heavy (non-hydrogen) atoms. The van der Waals surface area contributed by atoms with Crippen LogP contribution < -0.4 is 0 Å². The Kier molecular flexibility index (Phi) is 5.41. The van der Waals surface area contributed by atoms with Crippen molar-refractivity contribution in [2.45, 2.75) is 38.9 Å². The first-order chi connectivity index (χ1) is 11.2. The molecule has 1 heterocycles. The molecular formula is C16H19FN4O2S. The average molecular weight is 350 g/mol. The van der Waals surface area contributed by atoms with Crippen LogP contribution in [0.5, 0.6) is 0 Å². The Morgan fingerprint density at radius 2 is 2.08 bits per heavy atom. The largest absolute Gasteiger partial charge is 0.460 e. The number of fused-ring (bicyclic) bond motifs is 1. The summed E-state index contributed by atoms with van der Waals surface area (Å²) < 4.78 is 35.6. The molecule has 0 radical (unpaired) electrons. The van der Waals surface area contributed by atoms with Crippen molar-refractivity contribution in [2.24, 2.45) is 9.51 Å². The maximum Gasteiger partial charge on any atom is 0.145 e. The molecule has 0 fully saturated rings. The molecule has 0 aliphatic heterocycles. The SMILES string of the molecule is C/C(=N\[S@](=O)C(C)(C)C)c1cc(F)cc2cc(CCN=[N+]=[N-])oc12. The highest BCUT2D eigenvalue weighted by Gasteiger charge is 2.20. The van der Waals surface area contributed by atoms with E-state index < -0.39 is 21.5 Å². The molecule has 2 rings (SSSR count). The maximum absolute atomic E-state index is 13.9. The van der Waals surface area contributed by atoms with E-state index >= 15 is 0 Å². The van der Waals surface area contributed by atoms with Crippen molar-refractivity contribution in [3.8, 4) is 0 Å². The van der Waals surface area contributed by atoms with Gasteiger partial charge in [-0.3, -0.25) is 0 Å². The van der Waals surface area contributed by atoms with E-state index in [2.05, 4.69) is 14.4 Å². The summed E-state index contributed by atoms with van der Waals surface area (Å²) in [4.78, 5) is 2.69. The van der Waals surface area contributed by atoms with Crippen molar-refractivity contribution in [3.63, 3.8) is 0 Å². The fourth-order valence-electron chi connectivity index (χ4n) is 2.08. The molecule has 0 amide bonds. The number of hydrogen-bond acceptors (Lipinski definition) is 3. The summed E-state index contributed by atoms with van der Waals surface area (Å²) >= 11 is 0. The first-order valence-electron chi connectivity index (χ1n) is 7.43. The molecule has 0 saturated carbocycles. The van der Waals surface area contributed by atoms with Gasteiger partial charge in [-0.05, 0) is 51.4 Å². The van der Waals surface area contributed by atoms with Gasteiger partial charge in [0, 0.05) is 28.8 Å². The van der Waals surface area contributed by atoms with E-state index in [1.54, 1.807) is 13.0 Å². The van der Waals surface area contributed by atoms with E-state index in [0.29, 0.717) is 34.4 Å². The maximum atomic E-state index is 13.9. The molecule has 0 N–H and O–H groups in total. The van der Waals surface area contributed by atoms with Crippen LogP contribution in [0.1, 0.15) is 39.0 Å². The van der Waals surface area contributed by atoms with Crippen LogP contribution in [0.2, 0.25) is 0 Å². The lowest BCUT2D eigenvalue weighted by molar-refractivity contribution is 0.548. The summed E-state index contributed by atoms with van der Waals surface area (Å²) in [6.07, 6.45) is 0.421. The Labute approximate surface area is 142 Å². The minimum absolute atomic E-state index is 0.259. The highest BCUT2D eigenvalue weighted by atomic mass is 32.2. The van der Waals surface area contributed by atoms with Crippen molar-refractivity contribution in [2.75, 3.05) is 6.54 Å². The summed E-state index contributed by atoms with van der Waals surface area (Å²) in [6.45, 7) is 7.40. The van der Waals surface area contributed by atoms with E-state index in [4.69, 9.17) is 9.95 Å². The molecule has 1 aromatic carbocycles. The predicted molar refractivity (Wildman–Crippen MR) is 94.0 cm³/mol. The van der Waals surface area contributed by atoms with Gasteiger partial charge in [0.1, 0.15) is 28.1 Å². The van der Waals surface area contributed by atoms with Crippen molar-refractivity contribution < 1.29 is 13.0 Å². The van der Waals surface area contributed by atoms with Gasteiger partial charge in [0.15, 0.2) is 0 Å². The van der Waals surface area contributed by atoms with E-state index in [0.717, 1.165) is 0 Å². The van der Waals surface area contributed by atoms with Gasteiger partial charge in [-0.25, -0.2) is 8.60 Å². The second-order valence-electron chi connectivity index (χ2n) is 6.33. The molecule has 0 bridgehead atoms. The Morgan fingerprint density at radius 3 is 2.71 bits per heavy atom. The molecule has 0 spiro atoms. The Balaban J connectivity index is 2.47. The van der Waals surface area contributed by atoms with Crippen LogP contribution >= 0.6 is 0 Å². The van der Waals surface area contributed by atoms with E-state index in [-0.39, 0.29) is 6.54 Å². The average Bonchev–Trinajstić information content (AvgIpc) is 2.88. The Hall–Kier alpha value is -2.18. The Bertz CT molecular complexity index is 861. The number of hydrogen-bond donors (Lipinski definition) is 0. The molecule has 0 saturated heterocycles. The van der Waals surface area contributed by atoms with Crippen LogP contribution in [-0.2, 0) is 17.4 Å². The molecule has 0 unspecified atom stereocenters. The van der Waals surface area contributed by atoms with E-state index in [9.17, 15) is 8.60 Å². The predicted octanol–water partition coefficient (Wildman–Crippen LogP) is 4.70. The summed E-state index contributed by atoms with van der Waals surface area (Å²) in [5, 5.41) is 4.06. The molecule has 8 heteroatoms. The van der Waals surface area contributed by atoms with Gasteiger partial charge in [0.05, 0.1) is 10.5 Å². The van der Waals surface area contributed by atoms with Crippen LogP contribution in [0, 0.1) is 5.82 Å². The number of furan rings is 1. The second kappa shape index (κ2) is 7.15. The van der Waals surface area contributed by atoms with Crippen LogP contribution in [0.15, 0.2) is 32.1 Å². The van der Waals surface area contributed by atoms with Gasteiger partial charge in [0.2, 0.25) is 0 Å². The zero-order valence-electron chi connectivity index (χ0n) is 14.0. The van der Waals surface area contributed by atoms with Gasteiger partial charge in [-0.2, -0.15) is 4.40 Å². The lowest BCUT2D eigenvalue weighted by Gasteiger charge is -2.14. The quantitative estimate of drug-likeness (QED) is 0.338. The van der Waals surface area contributed by atoms with Crippen LogP contribution in [0.25, 0.3) is 21.4 Å². The van der Waals surface area contributed by atoms with Gasteiger partial charge in [-0.1, -0.05) is 5.11 Å². The van der Waals surface area contributed by atoms with Crippen molar-refractivity contribution >= 4 is 27.7 Å². The number of azide groups is 1. The minimum Gasteiger partial charge on any atom is -0.460 e. The summed E-state index contributed by atoms with van der Waals surface area (Å²) in [5.41, 5.74) is 9.72. The van der Waals surface area contributed by atoms with Crippen molar-refractivity contribution in [3.05, 3.63) is 45.8 Å². The van der Waals surface area contributed by atoms with Crippen LogP contribution in [0.4, 0.5) is 4.39 Å². The summed E-state index contributed by atoms with van der Waals surface area (Å²) in [6, 6.07) is 4.40. The third-order valence-electron chi connectivity index (χ3n) is 3.29. The van der Waals surface area contributed by atoms with Gasteiger partial charge in [0.25, 0.3) is 0 Å². The molecule has 2 aromatic rings. The van der Waals surface area contributed by atoms with Gasteiger partial charge >= 0.3 is 0 Å². The second-order valence-corrected chi connectivity index (χ2v) is 8.23. The highest BCUT2D eigenvalue weighted by Crippen LogP contribution is 2.26. The van der Waals surface area contributed by atoms with Gasteiger partial charge in [-0.15, -0.1) is 0 Å². The molecule has 0 aliphatic rings. The third-order valence-corrected chi connectivity index (χ3v) is 4.77. The first kappa shape index (κ1) is 18.2. The Morgan fingerprint density at radius 1 is 1.38 bits per heavy atom. The summed E-state index contributed by atoms with van der Waals surface area (Å²) in [5.74, 6) is 0.171. The molecule has 1 atom stereocenters. The fourth-order valence-corrected chi connectivity index (χ4v) is 2.70. The molecule has 128 valence electrons. The normalized spacial score (nSPS) is 13.8. The van der Waals surface area contributed by atoms with E-state index in [1.807, 2.05) is 20.8 Å². The molecule has 0 aliphatic carbocycles. The number of halogens is 1. The van der Waals surface area contributed by atoms with Crippen LogP contribution in [-0.4, -0.2) is 21.2 Å². The minimum atomic E-state index is -1.45. The molecule has 1 aromatic heterocycles. The number of nitrogens with zero attached hydrogens (tertiary/aromatic N) is 4. The first-order valence-corrected chi connectivity index (χ1v) is 8.53. The van der Waals surface area contributed by atoms with Crippen molar-refractivity contribution in [1.29, 1.82) is 0 Å². The van der Waals surface area contributed by atoms with Crippen LogP contribution in [0.3, 0.4) is 0 Å². The standard InChI is InChI=1S/C16H19FN4O2S/c1-10(20-24(22)16(2,3)4)14-9-12(17)7-11-8-13(23-15(11)14)5-6-19-21-18/h7-9H,5-6H2,1-4H3/b20-10+/t24-/m1/s1. The summed E-state index contributed by atoms with van der Waals surface area (Å²) in [7, 11) is -1.45. The van der Waals surface area contributed by atoms with Gasteiger partial charge < -0.3 is 4.42 Å². The number of rotatable bonds is 5. The smallest absolute Gasteiger partial charge is 0.145 e. The number of benzene rings is 1. The molecule has 6 nitrogen and oxygen atoms in total. The fraction of sp³-hybridized carbons (Fsp3) is 0.438. The zero-order valence-corrected chi connectivity index (χ0v) is 14.9. The van der Waals surface area contributed by atoms with E-state index in [1.165, 1.54) is 12.1 Å².